The van der Waals surface area contributed by atoms with Crippen LogP contribution in [-0.4, -0.2) is 30.4 Å². The number of rotatable bonds is 6. The van der Waals surface area contributed by atoms with Crippen LogP contribution in [0, 0.1) is 13.8 Å². The van der Waals surface area contributed by atoms with E-state index in [1.807, 2.05) is 0 Å². The standard InChI is InChI=1S/C16H20N2O5.ClH/c1-9-15(21)13(11(5-19)3-17-9)7-23-8-14-12(6-20)4-18-10(2)16(14)22;/h3-4,19-22H,5-8H2,1-2H3;1H. The molecule has 24 heavy (non-hydrogen) atoms. The molecule has 0 fully saturated rings. The third-order valence-electron chi connectivity index (χ3n) is 3.69. The zero-order valence-corrected chi connectivity index (χ0v) is 14.3. The highest BCUT2D eigenvalue weighted by atomic mass is 35.5. The second-order valence-corrected chi connectivity index (χ2v) is 5.20. The van der Waals surface area contributed by atoms with Crippen molar-refractivity contribution in [3.63, 3.8) is 0 Å². The fraction of sp³-hybridized carbons (Fsp3) is 0.375. The smallest absolute Gasteiger partial charge is 0.142 e. The maximum Gasteiger partial charge on any atom is 0.142 e. The van der Waals surface area contributed by atoms with Gasteiger partial charge in [0.25, 0.3) is 0 Å². The van der Waals surface area contributed by atoms with Gasteiger partial charge in [0.1, 0.15) is 11.5 Å². The number of pyridine rings is 2. The van der Waals surface area contributed by atoms with Crippen molar-refractivity contribution in [3.05, 3.63) is 46.0 Å². The molecule has 0 radical (unpaired) electrons. The summed E-state index contributed by atoms with van der Waals surface area (Å²) in [6, 6.07) is 0. The molecular weight excluding hydrogens is 336 g/mol. The summed E-state index contributed by atoms with van der Waals surface area (Å²) in [5.41, 5.74) is 2.75. The molecular formula is C16H21ClN2O5. The fourth-order valence-corrected chi connectivity index (χ4v) is 2.22. The van der Waals surface area contributed by atoms with E-state index in [0.29, 0.717) is 33.6 Å². The number of hydrogen-bond donors (Lipinski definition) is 4. The second-order valence-electron chi connectivity index (χ2n) is 5.20. The molecule has 0 saturated carbocycles. The molecule has 8 heteroatoms. The third-order valence-corrected chi connectivity index (χ3v) is 3.69. The van der Waals surface area contributed by atoms with Crippen molar-refractivity contribution in [1.82, 2.24) is 9.97 Å². The monoisotopic (exact) mass is 356 g/mol. The SMILES string of the molecule is Cc1ncc(CO)c(COCc2c(CO)cnc(C)c2O)c1O.Cl. The van der Waals surface area contributed by atoms with Crippen LogP contribution in [0.15, 0.2) is 12.4 Å². The number of nitrogens with zero attached hydrogens (tertiary/aromatic N) is 2. The Kier molecular flexibility index (Phi) is 7.37. The molecule has 2 rings (SSSR count). The van der Waals surface area contributed by atoms with Gasteiger partial charge in [-0.15, -0.1) is 12.4 Å². The average molecular weight is 357 g/mol. The van der Waals surface area contributed by atoms with E-state index in [4.69, 9.17) is 4.74 Å². The quantitative estimate of drug-likeness (QED) is 0.621. The highest BCUT2D eigenvalue weighted by molar-refractivity contribution is 5.85. The van der Waals surface area contributed by atoms with Crippen LogP contribution in [0.1, 0.15) is 33.6 Å². The van der Waals surface area contributed by atoms with Gasteiger partial charge in [0.2, 0.25) is 0 Å². The molecule has 0 amide bonds. The lowest BCUT2D eigenvalue weighted by molar-refractivity contribution is 0.1000. The Bertz CT molecular complexity index is 650. The molecule has 2 aromatic rings. The molecule has 0 saturated heterocycles. The lowest BCUT2D eigenvalue weighted by Gasteiger charge is -2.14. The maximum absolute atomic E-state index is 10.1. The zero-order valence-electron chi connectivity index (χ0n) is 13.5. The summed E-state index contributed by atoms with van der Waals surface area (Å²) in [4.78, 5) is 7.97. The van der Waals surface area contributed by atoms with E-state index >= 15 is 0 Å². The average Bonchev–Trinajstić information content (AvgIpc) is 2.55. The van der Waals surface area contributed by atoms with Crippen LogP contribution in [0.5, 0.6) is 11.5 Å². The summed E-state index contributed by atoms with van der Waals surface area (Å²) < 4.78 is 5.56. The van der Waals surface area contributed by atoms with Crippen LogP contribution in [0.4, 0.5) is 0 Å². The Hall–Kier alpha value is -1.93. The summed E-state index contributed by atoms with van der Waals surface area (Å²) in [5.74, 6) is -0.0388. The van der Waals surface area contributed by atoms with Gasteiger partial charge >= 0.3 is 0 Å². The van der Waals surface area contributed by atoms with Crippen LogP contribution in [0.2, 0.25) is 0 Å². The third kappa shape index (κ3) is 4.12. The maximum atomic E-state index is 10.1. The number of ether oxygens (including phenoxy) is 1. The minimum Gasteiger partial charge on any atom is -0.506 e. The van der Waals surface area contributed by atoms with Crippen molar-refractivity contribution in [2.45, 2.75) is 40.3 Å². The number of hydrogen-bond acceptors (Lipinski definition) is 7. The van der Waals surface area contributed by atoms with Gasteiger partial charge in [-0.05, 0) is 13.8 Å². The molecule has 0 bridgehead atoms. The molecule has 0 unspecified atom stereocenters. The topological polar surface area (TPSA) is 116 Å². The lowest BCUT2D eigenvalue weighted by atomic mass is 10.1. The molecule has 0 atom stereocenters. The number of aromatic nitrogens is 2. The normalized spacial score (nSPS) is 10.5. The fourth-order valence-electron chi connectivity index (χ4n) is 2.22. The molecule has 2 aromatic heterocycles. The number of aromatic hydroxyl groups is 2. The van der Waals surface area contributed by atoms with Crippen molar-refractivity contribution in [1.29, 1.82) is 0 Å². The number of aryl methyl sites for hydroxylation is 2. The second kappa shape index (κ2) is 8.79. The number of aliphatic hydroxyl groups is 2. The Morgan fingerprint density at radius 3 is 1.54 bits per heavy atom. The van der Waals surface area contributed by atoms with Gasteiger partial charge in [0.05, 0.1) is 37.8 Å². The summed E-state index contributed by atoms with van der Waals surface area (Å²) in [6.07, 6.45) is 2.97. The predicted molar refractivity (Wildman–Crippen MR) is 88.9 cm³/mol. The first-order valence-corrected chi connectivity index (χ1v) is 7.11. The van der Waals surface area contributed by atoms with Crippen molar-refractivity contribution in [2.24, 2.45) is 0 Å². The van der Waals surface area contributed by atoms with E-state index in [1.165, 1.54) is 12.4 Å². The van der Waals surface area contributed by atoms with Gasteiger partial charge in [-0.3, -0.25) is 9.97 Å². The number of aliphatic hydroxyl groups excluding tert-OH is 2. The minimum atomic E-state index is -0.263. The van der Waals surface area contributed by atoms with Crippen LogP contribution in [0.25, 0.3) is 0 Å². The van der Waals surface area contributed by atoms with E-state index in [-0.39, 0.29) is 50.3 Å². The molecule has 0 aliphatic rings. The largest absolute Gasteiger partial charge is 0.506 e. The molecule has 0 aliphatic heterocycles. The summed E-state index contributed by atoms with van der Waals surface area (Å²) in [5, 5.41) is 38.8. The van der Waals surface area contributed by atoms with E-state index in [1.54, 1.807) is 13.8 Å². The Morgan fingerprint density at radius 2 is 1.21 bits per heavy atom. The van der Waals surface area contributed by atoms with Crippen molar-refractivity contribution < 1.29 is 25.2 Å². The summed E-state index contributed by atoms with van der Waals surface area (Å²) >= 11 is 0. The van der Waals surface area contributed by atoms with E-state index < -0.39 is 0 Å². The first-order chi connectivity index (χ1) is 11.0. The summed E-state index contributed by atoms with van der Waals surface area (Å²) in [7, 11) is 0. The van der Waals surface area contributed by atoms with Gasteiger partial charge in [-0.25, -0.2) is 0 Å². The van der Waals surface area contributed by atoms with Crippen molar-refractivity contribution in [2.75, 3.05) is 0 Å². The van der Waals surface area contributed by atoms with Crippen LogP contribution in [0.3, 0.4) is 0 Å². The van der Waals surface area contributed by atoms with Gasteiger partial charge in [-0.2, -0.15) is 0 Å². The van der Waals surface area contributed by atoms with Gasteiger partial charge in [-0.1, -0.05) is 0 Å². The molecule has 2 heterocycles. The minimum absolute atomic E-state index is 0. The molecule has 4 N–H and O–H groups in total. The molecule has 132 valence electrons. The highest BCUT2D eigenvalue weighted by Crippen LogP contribution is 2.27. The van der Waals surface area contributed by atoms with Crippen LogP contribution in [-0.2, 0) is 31.2 Å². The zero-order chi connectivity index (χ0) is 17.0. The van der Waals surface area contributed by atoms with Crippen LogP contribution < -0.4 is 0 Å². The molecule has 0 aromatic carbocycles. The van der Waals surface area contributed by atoms with E-state index in [2.05, 4.69) is 9.97 Å². The summed E-state index contributed by atoms with van der Waals surface area (Å²) in [6.45, 7) is 2.86. The Labute approximate surface area is 146 Å². The Balaban J connectivity index is 0.00000288. The molecule has 0 spiro atoms. The number of halogens is 1. The van der Waals surface area contributed by atoms with E-state index in [0.717, 1.165) is 0 Å². The van der Waals surface area contributed by atoms with E-state index in [9.17, 15) is 20.4 Å². The first-order valence-electron chi connectivity index (χ1n) is 7.11. The molecule has 0 aliphatic carbocycles. The van der Waals surface area contributed by atoms with Gasteiger partial charge in [0.15, 0.2) is 0 Å². The molecule has 7 nitrogen and oxygen atoms in total. The predicted octanol–water partition coefficient (Wildman–Crippen LogP) is 1.63. The Morgan fingerprint density at radius 1 is 0.833 bits per heavy atom. The van der Waals surface area contributed by atoms with Crippen molar-refractivity contribution >= 4 is 12.4 Å². The van der Waals surface area contributed by atoms with Gasteiger partial charge < -0.3 is 25.2 Å². The lowest BCUT2D eigenvalue weighted by Crippen LogP contribution is -2.04. The van der Waals surface area contributed by atoms with Crippen molar-refractivity contribution in [3.8, 4) is 11.5 Å². The van der Waals surface area contributed by atoms with Gasteiger partial charge in [0, 0.05) is 34.6 Å². The highest BCUT2D eigenvalue weighted by Gasteiger charge is 2.14. The first kappa shape index (κ1) is 20.1. The van der Waals surface area contributed by atoms with Crippen LogP contribution >= 0.6 is 12.4 Å².